The zero-order valence-electron chi connectivity index (χ0n) is 13.1. The number of urea groups is 2. The van der Waals surface area contributed by atoms with E-state index in [1.54, 1.807) is 4.90 Å². The maximum Gasteiger partial charge on any atom is 0.328 e. The third-order valence-corrected chi connectivity index (χ3v) is 4.36. The lowest BCUT2D eigenvalue weighted by Gasteiger charge is -2.21. The summed E-state index contributed by atoms with van der Waals surface area (Å²) in [6.45, 7) is 1.99. The average Bonchev–Trinajstić information content (AvgIpc) is 3.23. The van der Waals surface area contributed by atoms with Gasteiger partial charge >= 0.3 is 12.1 Å². The second kappa shape index (κ2) is 5.99. The van der Waals surface area contributed by atoms with Gasteiger partial charge in [-0.3, -0.25) is 0 Å². The van der Waals surface area contributed by atoms with Crippen LogP contribution in [-0.4, -0.2) is 59.1 Å². The molecule has 4 rings (SSSR count). The van der Waals surface area contributed by atoms with Crippen LogP contribution in [0, 0.1) is 0 Å². The van der Waals surface area contributed by atoms with Crippen LogP contribution in [0.5, 0.6) is 5.88 Å². The second-order valence-electron chi connectivity index (χ2n) is 5.98. The molecule has 2 saturated heterocycles. The van der Waals surface area contributed by atoms with E-state index < -0.39 is 0 Å². The molecule has 0 saturated carbocycles. The van der Waals surface area contributed by atoms with E-state index in [0.717, 1.165) is 17.3 Å². The average molecular weight is 326 g/mol. The first kappa shape index (κ1) is 14.7. The van der Waals surface area contributed by atoms with Gasteiger partial charge in [0.05, 0.1) is 12.1 Å². The maximum atomic E-state index is 12.4. The normalized spacial score (nSPS) is 20.5. The number of benzene rings is 1. The lowest BCUT2D eigenvalue weighted by Crippen LogP contribution is -2.44. The molecular weight excluding hydrogens is 308 g/mol. The first-order valence-corrected chi connectivity index (χ1v) is 8.07. The summed E-state index contributed by atoms with van der Waals surface area (Å²) in [5, 5.41) is 3.70. The molecule has 2 aliphatic rings. The minimum Gasteiger partial charge on any atom is -0.472 e. The number of ether oxygens (including phenoxy) is 1. The van der Waals surface area contributed by atoms with Crippen LogP contribution < -0.4 is 10.1 Å². The lowest BCUT2D eigenvalue weighted by atomic mass is 10.2. The van der Waals surface area contributed by atoms with E-state index in [2.05, 4.69) is 10.3 Å². The van der Waals surface area contributed by atoms with Gasteiger partial charge in [-0.15, -0.1) is 0 Å². The molecule has 2 fully saturated rings. The molecule has 2 aromatic rings. The number of nitrogens with one attached hydrogen (secondary N) is 1. The molecule has 1 aromatic heterocycles. The third kappa shape index (κ3) is 2.73. The minimum atomic E-state index is -0.319. The van der Waals surface area contributed by atoms with Gasteiger partial charge in [-0.2, -0.15) is 0 Å². The SMILES string of the molecule is O=C1NCCN1C(=O)N1CCC(Oc2ccc3ccccc3n2)C1. The van der Waals surface area contributed by atoms with Crippen molar-refractivity contribution < 1.29 is 14.3 Å². The Hall–Kier alpha value is -2.83. The van der Waals surface area contributed by atoms with Gasteiger partial charge < -0.3 is 15.0 Å². The number of hydrogen-bond donors (Lipinski definition) is 1. The summed E-state index contributed by atoms with van der Waals surface area (Å²) in [6, 6.07) is 11.1. The minimum absolute atomic E-state index is 0.103. The molecule has 1 unspecified atom stereocenters. The van der Waals surface area contributed by atoms with Crippen molar-refractivity contribution >= 4 is 23.0 Å². The number of carbonyl (C=O) groups excluding carboxylic acids is 2. The molecule has 2 aliphatic heterocycles. The molecule has 0 radical (unpaired) electrons. The fourth-order valence-corrected chi connectivity index (χ4v) is 3.11. The Labute approximate surface area is 139 Å². The van der Waals surface area contributed by atoms with Crippen molar-refractivity contribution in [3.05, 3.63) is 36.4 Å². The highest BCUT2D eigenvalue weighted by Crippen LogP contribution is 2.21. The number of pyridine rings is 1. The summed E-state index contributed by atoms with van der Waals surface area (Å²) < 4.78 is 5.93. The lowest BCUT2D eigenvalue weighted by molar-refractivity contribution is 0.160. The number of nitrogens with zero attached hydrogens (tertiary/aromatic N) is 3. The molecule has 4 amide bonds. The number of imide groups is 1. The monoisotopic (exact) mass is 326 g/mol. The third-order valence-electron chi connectivity index (χ3n) is 4.36. The molecule has 3 heterocycles. The number of amides is 4. The van der Waals surface area contributed by atoms with Crippen molar-refractivity contribution in [2.75, 3.05) is 26.2 Å². The molecule has 7 nitrogen and oxygen atoms in total. The predicted octanol–water partition coefficient (Wildman–Crippen LogP) is 1.83. The molecule has 0 aliphatic carbocycles. The number of rotatable bonds is 2. The maximum absolute atomic E-state index is 12.4. The van der Waals surface area contributed by atoms with E-state index in [1.165, 1.54) is 4.90 Å². The van der Waals surface area contributed by atoms with Gasteiger partial charge in [0.1, 0.15) is 6.10 Å². The number of fused-ring (bicyclic) bond motifs is 1. The van der Waals surface area contributed by atoms with Crippen molar-refractivity contribution in [1.29, 1.82) is 0 Å². The van der Waals surface area contributed by atoms with Crippen molar-refractivity contribution in [2.24, 2.45) is 0 Å². The van der Waals surface area contributed by atoms with Gasteiger partial charge in [0.25, 0.3) is 0 Å². The van der Waals surface area contributed by atoms with Gasteiger partial charge in [0.15, 0.2) is 0 Å². The molecule has 124 valence electrons. The molecule has 7 heteroatoms. The van der Waals surface area contributed by atoms with Crippen molar-refractivity contribution in [1.82, 2.24) is 20.1 Å². The van der Waals surface area contributed by atoms with Crippen molar-refractivity contribution in [3.63, 3.8) is 0 Å². The zero-order chi connectivity index (χ0) is 16.5. The Bertz CT molecular complexity index is 794. The van der Waals surface area contributed by atoms with Crippen LogP contribution in [-0.2, 0) is 0 Å². The number of likely N-dealkylation sites (tertiary alicyclic amines) is 1. The van der Waals surface area contributed by atoms with Crippen LogP contribution in [0.25, 0.3) is 10.9 Å². The van der Waals surface area contributed by atoms with Crippen molar-refractivity contribution in [2.45, 2.75) is 12.5 Å². The Morgan fingerprint density at radius 1 is 1.21 bits per heavy atom. The molecule has 1 atom stereocenters. The smallest absolute Gasteiger partial charge is 0.328 e. The van der Waals surface area contributed by atoms with Crippen LogP contribution in [0.4, 0.5) is 9.59 Å². The molecule has 0 bridgehead atoms. The Morgan fingerprint density at radius 3 is 2.92 bits per heavy atom. The highest BCUT2D eigenvalue weighted by Gasteiger charge is 2.35. The van der Waals surface area contributed by atoms with Gasteiger partial charge in [0.2, 0.25) is 5.88 Å². The topological polar surface area (TPSA) is 74.8 Å². The van der Waals surface area contributed by atoms with E-state index >= 15 is 0 Å². The Kier molecular flexibility index (Phi) is 3.68. The molecule has 24 heavy (non-hydrogen) atoms. The number of carbonyl (C=O) groups is 2. The van der Waals surface area contributed by atoms with Gasteiger partial charge in [-0.25, -0.2) is 19.5 Å². The first-order valence-electron chi connectivity index (χ1n) is 8.07. The highest BCUT2D eigenvalue weighted by molar-refractivity contribution is 5.95. The van der Waals surface area contributed by atoms with E-state index in [-0.39, 0.29) is 18.2 Å². The molecule has 0 spiro atoms. The number of aromatic nitrogens is 1. The second-order valence-corrected chi connectivity index (χ2v) is 5.98. The summed E-state index contributed by atoms with van der Waals surface area (Å²) in [6.07, 6.45) is 0.628. The van der Waals surface area contributed by atoms with Gasteiger partial charge in [-0.1, -0.05) is 18.2 Å². The van der Waals surface area contributed by atoms with Gasteiger partial charge in [0, 0.05) is 37.5 Å². The molecule has 1 aromatic carbocycles. The predicted molar refractivity (Wildman–Crippen MR) is 87.8 cm³/mol. The van der Waals surface area contributed by atoms with E-state index in [4.69, 9.17) is 4.74 Å². The van der Waals surface area contributed by atoms with E-state index in [1.807, 2.05) is 36.4 Å². The first-order chi connectivity index (χ1) is 11.7. The van der Waals surface area contributed by atoms with Crippen LogP contribution in [0.3, 0.4) is 0 Å². The number of para-hydroxylation sites is 1. The fraction of sp³-hybridized carbons (Fsp3) is 0.353. The Balaban J connectivity index is 1.41. The quantitative estimate of drug-likeness (QED) is 0.914. The van der Waals surface area contributed by atoms with E-state index in [0.29, 0.717) is 32.1 Å². The summed E-state index contributed by atoms with van der Waals surface area (Å²) in [7, 11) is 0. The van der Waals surface area contributed by atoms with Crippen LogP contribution in [0.1, 0.15) is 6.42 Å². The van der Waals surface area contributed by atoms with Crippen LogP contribution in [0.2, 0.25) is 0 Å². The van der Waals surface area contributed by atoms with Crippen LogP contribution >= 0.6 is 0 Å². The zero-order valence-corrected chi connectivity index (χ0v) is 13.1. The standard InChI is InChI=1S/C17H18N4O3/c22-16-18-8-10-21(16)17(23)20-9-7-13(11-20)24-15-6-5-12-3-1-2-4-14(12)19-15/h1-6,13H,7-11H2,(H,18,22). The Morgan fingerprint density at radius 2 is 2.08 bits per heavy atom. The number of hydrogen-bond acceptors (Lipinski definition) is 4. The summed E-state index contributed by atoms with van der Waals surface area (Å²) in [4.78, 5) is 31.4. The van der Waals surface area contributed by atoms with Crippen LogP contribution in [0.15, 0.2) is 36.4 Å². The fourth-order valence-electron chi connectivity index (χ4n) is 3.11. The summed E-state index contributed by atoms with van der Waals surface area (Å²) >= 11 is 0. The van der Waals surface area contributed by atoms with E-state index in [9.17, 15) is 9.59 Å². The molecular formula is C17H18N4O3. The molecule has 1 N–H and O–H groups in total. The summed E-state index contributed by atoms with van der Waals surface area (Å²) in [5.74, 6) is 0.562. The highest BCUT2D eigenvalue weighted by atomic mass is 16.5. The largest absolute Gasteiger partial charge is 0.472 e. The van der Waals surface area contributed by atoms with Gasteiger partial charge in [-0.05, 0) is 12.1 Å². The van der Waals surface area contributed by atoms with Crippen molar-refractivity contribution in [3.8, 4) is 5.88 Å². The summed E-state index contributed by atoms with van der Waals surface area (Å²) in [5.41, 5.74) is 0.884.